The largest absolute Gasteiger partial charge is 0.356 e. The van der Waals surface area contributed by atoms with E-state index in [2.05, 4.69) is 50.2 Å². The smallest absolute Gasteiger partial charge is 0.163 e. The predicted molar refractivity (Wildman–Crippen MR) is 82.7 cm³/mol. The third kappa shape index (κ3) is 2.31. The molecule has 2 aromatic rings. The van der Waals surface area contributed by atoms with Crippen LogP contribution >= 0.6 is 0 Å². The molecule has 2 heteroatoms. The van der Waals surface area contributed by atoms with Crippen LogP contribution in [0, 0.1) is 20.8 Å². The first kappa shape index (κ1) is 13.2. The van der Waals surface area contributed by atoms with Crippen molar-refractivity contribution in [2.45, 2.75) is 46.5 Å². The molecular formula is C18H21NO. The highest BCUT2D eigenvalue weighted by Gasteiger charge is 2.19. The molecular weight excluding hydrogens is 246 g/mol. The van der Waals surface area contributed by atoms with Crippen LogP contribution in [0.25, 0.3) is 17.3 Å². The molecule has 0 aliphatic heterocycles. The van der Waals surface area contributed by atoms with Gasteiger partial charge in [0.15, 0.2) is 5.76 Å². The van der Waals surface area contributed by atoms with E-state index >= 15 is 0 Å². The van der Waals surface area contributed by atoms with Crippen LogP contribution in [-0.2, 0) is 6.42 Å². The second-order valence-corrected chi connectivity index (χ2v) is 5.80. The Balaban J connectivity index is 2.16. The molecule has 0 unspecified atom stereocenters. The van der Waals surface area contributed by atoms with E-state index in [0.717, 1.165) is 24.3 Å². The van der Waals surface area contributed by atoms with Gasteiger partial charge in [-0.15, -0.1) is 0 Å². The number of benzene rings is 1. The topological polar surface area (TPSA) is 26.0 Å². The van der Waals surface area contributed by atoms with Crippen LogP contribution < -0.4 is 0 Å². The molecule has 1 heterocycles. The monoisotopic (exact) mass is 267 g/mol. The summed E-state index contributed by atoms with van der Waals surface area (Å²) in [6.45, 7) is 6.46. The van der Waals surface area contributed by atoms with Crippen molar-refractivity contribution in [3.8, 4) is 11.3 Å². The van der Waals surface area contributed by atoms with Crippen molar-refractivity contribution in [3.63, 3.8) is 0 Å². The Kier molecular flexibility index (Phi) is 3.47. The van der Waals surface area contributed by atoms with Gasteiger partial charge in [0, 0.05) is 11.1 Å². The van der Waals surface area contributed by atoms with Crippen molar-refractivity contribution in [2.75, 3.05) is 0 Å². The molecule has 0 bridgehead atoms. The Morgan fingerprint density at radius 1 is 1.05 bits per heavy atom. The molecule has 20 heavy (non-hydrogen) atoms. The fourth-order valence-electron chi connectivity index (χ4n) is 3.20. The van der Waals surface area contributed by atoms with Gasteiger partial charge in [0.1, 0.15) is 5.69 Å². The average molecular weight is 267 g/mol. The molecule has 3 rings (SSSR count). The Hall–Kier alpha value is -1.83. The Labute approximate surface area is 120 Å². The number of aromatic nitrogens is 1. The van der Waals surface area contributed by atoms with E-state index in [1.54, 1.807) is 0 Å². The molecule has 0 atom stereocenters. The van der Waals surface area contributed by atoms with E-state index in [9.17, 15) is 0 Å². The minimum absolute atomic E-state index is 0.944. The maximum absolute atomic E-state index is 5.58. The Bertz CT molecular complexity index is 641. The molecule has 0 saturated heterocycles. The molecule has 0 saturated carbocycles. The van der Waals surface area contributed by atoms with Gasteiger partial charge < -0.3 is 4.52 Å². The van der Waals surface area contributed by atoms with E-state index in [4.69, 9.17) is 4.52 Å². The lowest BCUT2D eigenvalue weighted by Gasteiger charge is -2.11. The SMILES string of the molecule is Cc1cc(C)c(-c2noc3c2CCCC/C=C\3)c(C)c1. The summed E-state index contributed by atoms with van der Waals surface area (Å²) in [6, 6.07) is 4.45. The van der Waals surface area contributed by atoms with Crippen molar-refractivity contribution in [3.05, 3.63) is 46.2 Å². The standard InChI is InChI=1S/C18H21NO/c1-12-10-13(2)17(14(3)11-12)18-15-8-6-4-5-7-9-16(15)20-19-18/h7,9-11H,4-6,8H2,1-3H3/b9-7-. The van der Waals surface area contributed by atoms with Crippen LogP contribution in [0.3, 0.4) is 0 Å². The van der Waals surface area contributed by atoms with E-state index in [1.165, 1.54) is 40.7 Å². The van der Waals surface area contributed by atoms with E-state index in [0.29, 0.717) is 0 Å². The van der Waals surface area contributed by atoms with Gasteiger partial charge in [0.05, 0.1) is 0 Å². The fraction of sp³-hybridized carbons (Fsp3) is 0.389. The Morgan fingerprint density at radius 2 is 1.80 bits per heavy atom. The number of fused-ring (bicyclic) bond motifs is 1. The first-order chi connectivity index (χ1) is 9.66. The molecule has 2 nitrogen and oxygen atoms in total. The van der Waals surface area contributed by atoms with Crippen molar-refractivity contribution >= 4 is 6.08 Å². The van der Waals surface area contributed by atoms with Crippen LogP contribution in [0.15, 0.2) is 22.7 Å². The number of allylic oxidation sites excluding steroid dienone is 1. The van der Waals surface area contributed by atoms with E-state index < -0.39 is 0 Å². The summed E-state index contributed by atoms with van der Waals surface area (Å²) in [6.07, 6.45) is 8.93. The third-order valence-electron chi connectivity index (χ3n) is 4.05. The van der Waals surface area contributed by atoms with Crippen LogP contribution in [0.1, 0.15) is 47.3 Å². The molecule has 1 aromatic heterocycles. The van der Waals surface area contributed by atoms with Gasteiger partial charge in [-0.25, -0.2) is 0 Å². The summed E-state index contributed by atoms with van der Waals surface area (Å²) in [7, 11) is 0. The second kappa shape index (κ2) is 5.28. The summed E-state index contributed by atoms with van der Waals surface area (Å²) < 4.78 is 5.58. The summed E-state index contributed by atoms with van der Waals surface area (Å²) in [5.41, 5.74) is 7.43. The molecule has 0 fully saturated rings. The average Bonchev–Trinajstić information content (AvgIpc) is 2.70. The number of hydrogen-bond acceptors (Lipinski definition) is 2. The van der Waals surface area contributed by atoms with Crippen molar-refractivity contribution < 1.29 is 4.52 Å². The van der Waals surface area contributed by atoms with Gasteiger partial charge in [0.2, 0.25) is 0 Å². The normalized spacial score (nSPS) is 16.4. The lowest BCUT2D eigenvalue weighted by molar-refractivity contribution is 0.413. The number of hydrogen-bond donors (Lipinski definition) is 0. The van der Waals surface area contributed by atoms with Crippen LogP contribution in [0.4, 0.5) is 0 Å². The zero-order valence-corrected chi connectivity index (χ0v) is 12.5. The molecule has 0 radical (unpaired) electrons. The first-order valence-corrected chi connectivity index (χ1v) is 7.40. The van der Waals surface area contributed by atoms with E-state index in [1.807, 2.05) is 0 Å². The van der Waals surface area contributed by atoms with Gasteiger partial charge in [-0.1, -0.05) is 28.9 Å². The quantitative estimate of drug-likeness (QED) is 0.726. The van der Waals surface area contributed by atoms with Crippen molar-refractivity contribution in [1.29, 1.82) is 0 Å². The lowest BCUT2D eigenvalue weighted by atomic mass is 9.92. The molecule has 0 N–H and O–H groups in total. The molecule has 1 aliphatic carbocycles. The Morgan fingerprint density at radius 3 is 2.55 bits per heavy atom. The lowest BCUT2D eigenvalue weighted by Crippen LogP contribution is -1.96. The van der Waals surface area contributed by atoms with Crippen molar-refractivity contribution in [2.24, 2.45) is 0 Å². The molecule has 104 valence electrons. The summed E-state index contributed by atoms with van der Waals surface area (Å²) in [5.74, 6) is 0.944. The van der Waals surface area contributed by atoms with Gasteiger partial charge >= 0.3 is 0 Å². The minimum Gasteiger partial charge on any atom is -0.356 e. The number of aryl methyl sites for hydroxylation is 3. The predicted octanol–water partition coefficient (Wildman–Crippen LogP) is 5.01. The summed E-state index contributed by atoms with van der Waals surface area (Å²) >= 11 is 0. The second-order valence-electron chi connectivity index (χ2n) is 5.80. The third-order valence-corrected chi connectivity index (χ3v) is 4.05. The number of nitrogens with zero attached hydrogens (tertiary/aromatic N) is 1. The maximum Gasteiger partial charge on any atom is 0.163 e. The van der Waals surface area contributed by atoms with Gasteiger partial charge in [-0.2, -0.15) is 0 Å². The highest BCUT2D eigenvalue weighted by atomic mass is 16.5. The zero-order chi connectivity index (χ0) is 14.1. The molecule has 0 spiro atoms. The molecule has 1 aliphatic rings. The minimum atomic E-state index is 0.944. The highest BCUT2D eigenvalue weighted by Crippen LogP contribution is 2.34. The summed E-state index contributed by atoms with van der Waals surface area (Å²) in [5, 5.41) is 4.38. The molecule has 0 amide bonds. The first-order valence-electron chi connectivity index (χ1n) is 7.40. The molecule has 1 aromatic carbocycles. The summed E-state index contributed by atoms with van der Waals surface area (Å²) in [4.78, 5) is 0. The van der Waals surface area contributed by atoms with Gasteiger partial charge in [-0.05, 0) is 63.7 Å². The number of rotatable bonds is 1. The van der Waals surface area contributed by atoms with Crippen LogP contribution in [0.5, 0.6) is 0 Å². The van der Waals surface area contributed by atoms with Crippen LogP contribution in [-0.4, -0.2) is 5.16 Å². The van der Waals surface area contributed by atoms with E-state index in [-0.39, 0.29) is 0 Å². The van der Waals surface area contributed by atoms with Gasteiger partial charge in [-0.3, -0.25) is 0 Å². The van der Waals surface area contributed by atoms with Crippen molar-refractivity contribution in [1.82, 2.24) is 5.16 Å². The fourth-order valence-corrected chi connectivity index (χ4v) is 3.20. The van der Waals surface area contributed by atoms with Gasteiger partial charge in [0.25, 0.3) is 0 Å². The van der Waals surface area contributed by atoms with Crippen LogP contribution in [0.2, 0.25) is 0 Å². The zero-order valence-electron chi connectivity index (χ0n) is 12.5. The highest BCUT2D eigenvalue weighted by molar-refractivity contribution is 5.73. The maximum atomic E-state index is 5.58.